The summed E-state index contributed by atoms with van der Waals surface area (Å²) in [6, 6.07) is 14.3. The van der Waals surface area contributed by atoms with Crippen LogP contribution in [0.4, 0.5) is 17.7 Å². The van der Waals surface area contributed by atoms with Crippen LogP contribution in [0.15, 0.2) is 58.5 Å². The molecule has 1 fully saturated rings. The molecule has 7 nitrogen and oxygen atoms in total. The summed E-state index contributed by atoms with van der Waals surface area (Å²) in [5.74, 6) is 2.81. The molecule has 0 unspecified atom stereocenters. The summed E-state index contributed by atoms with van der Waals surface area (Å²) in [5.41, 5.74) is 0. The van der Waals surface area contributed by atoms with Gasteiger partial charge in [-0.15, -0.1) is 0 Å². The zero-order valence-electron chi connectivity index (χ0n) is 16.7. The number of aromatic nitrogens is 4. The molecule has 29 heavy (non-hydrogen) atoms. The molecule has 0 aliphatic carbocycles. The van der Waals surface area contributed by atoms with E-state index in [4.69, 9.17) is 4.98 Å². The highest BCUT2D eigenvalue weighted by molar-refractivity contribution is 7.99. The van der Waals surface area contributed by atoms with Crippen molar-refractivity contribution in [2.24, 2.45) is 0 Å². The van der Waals surface area contributed by atoms with Crippen LogP contribution in [0.1, 0.15) is 12.7 Å². The molecule has 0 amide bonds. The first kappa shape index (κ1) is 19.6. The Morgan fingerprint density at radius 2 is 1.76 bits per heavy atom. The highest BCUT2D eigenvalue weighted by atomic mass is 32.2. The number of hydrogen-bond acceptors (Lipinski definition) is 8. The summed E-state index contributed by atoms with van der Waals surface area (Å²) < 4.78 is 0. The van der Waals surface area contributed by atoms with E-state index < -0.39 is 0 Å². The van der Waals surface area contributed by atoms with Crippen LogP contribution >= 0.6 is 11.8 Å². The van der Waals surface area contributed by atoms with Gasteiger partial charge in [0.15, 0.2) is 0 Å². The average Bonchev–Trinajstić information content (AvgIpc) is 2.76. The van der Waals surface area contributed by atoms with Crippen molar-refractivity contribution in [2.45, 2.75) is 23.1 Å². The predicted molar refractivity (Wildman–Crippen MR) is 117 cm³/mol. The minimum Gasteiger partial charge on any atom is -0.338 e. The molecular formula is C21H25N7S. The van der Waals surface area contributed by atoms with Gasteiger partial charge in [0.05, 0.1) is 4.90 Å². The molecule has 150 valence electrons. The summed E-state index contributed by atoms with van der Waals surface area (Å²) in [5, 5.41) is 3.32. The molecule has 3 heterocycles. The lowest BCUT2D eigenvalue weighted by Crippen LogP contribution is -2.45. The van der Waals surface area contributed by atoms with Gasteiger partial charge in [-0.2, -0.15) is 15.0 Å². The largest absolute Gasteiger partial charge is 0.338 e. The number of pyridine rings is 1. The van der Waals surface area contributed by atoms with Crippen LogP contribution in [0.25, 0.3) is 0 Å². The second kappa shape index (κ2) is 9.19. The van der Waals surface area contributed by atoms with Crippen LogP contribution < -0.4 is 10.2 Å². The van der Waals surface area contributed by atoms with Crippen LogP contribution in [-0.2, 0) is 6.42 Å². The Kier molecular flexibility index (Phi) is 6.21. The van der Waals surface area contributed by atoms with Crippen LogP contribution in [-0.4, -0.2) is 58.1 Å². The molecule has 2 aromatic heterocycles. The Morgan fingerprint density at radius 1 is 0.966 bits per heavy atom. The van der Waals surface area contributed by atoms with E-state index in [0.29, 0.717) is 5.95 Å². The first-order valence-electron chi connectivity index (χ1n) is 9.84. The number of hydrogen-bond donors (Lipinski definition) is 1. The smallest absolute Gasteiger partial charge is 0.233 e. The first-order valence-corrected chi connectivity index (χ1v) is 10.7. The molecule has 1 saturated heterocycles. The van der Waals surface area contributed by atoms with Gasteiger partial charge < -0.3 is 15.1 Å². The van der Waals surface area contributed by atoms with Gasteiger partial charge in [-0.25, -0.2) is 4.98 Å². The molecule has 1 aromatic carbocycles. The molecule has 0 atom stereocenters. The third-order valence-electron chi connectivity index (χ3n) is 4.74. The molecule has 4 rings (SSSR count). The van der Waals surface area contributed by atoms with E-state index in [9.17, 15) is 0 Å². The van der Waals surface area contributed by atoms with Crippen molar-refractivity contribution in [1.82, 2.24) is 24.8 Å². The minimum absolute atomic E-state index is 0.541. The Labute approximate surface area is 175 Å². The topological polar surface area (TPSA) is 70.1 Å². The fraction of sp³-hybridized carbons (Fsp3) is 0.333. The minimum atomic E-state index is 0.541. The summed E-state index contributed by atoms with van der Waals surface area (Å²) in [4.78, 5) is 25.2. The number of likely N-dealkylation sites (N-methyl/N-ethyl adjacent to an activating group) is 1. The lowest BCUT2D eigenvalue weighted by atomic mass is 10.3. The molecule has 0 bridgehead atoms. The Balaban J connectivity index is 1.58. The molecule has 1 aliphatic heterocycles. The number of piperazine rings is 1. The maximum Gasteiger partial charge on any atom is 0.233 e. The number of nitrogens with one attached hydrogen (secondary N) is 1. The number of aryl methyl sites for hydroxylation is 1. The standard InChI is InChI=1S/C21H25N7S/c1-3-18-23-20(26-21(24-18)28-14-12-27(2)13-15-28)25-19-17(10-7-11-22-19)29-16-8-5-4-6-9-16/h4-11H,3,12-15H2,1-2H3,(H,22,23,24,25,26). The third-order valence-corrected chi connectivity index (χ3v) is 5.80. The van der Waals surface area contributed by atoms with Crippen molar-refractivity contribution in [3.05, 3.63) is 54.5 Å². The van der Waals surface area contributed by atoms with E-state index in [2.05, 4.69) is 62.2 Å². The van der Waals surface area contributed by atoms with Gasteiger partial charge in [0, 0.05) is 43.7 Å². The quantitative estimate of drug-likeness (QED) is 0.666. The number of nitrogens with zero attached hydrogens (tertiary/aromatic N) is 6. The van der Waals surface area contributed by atoms with E-state index in [1.165, 1.54) is 0 Å². The molecule has 1 aliphatic rings. The van der Waals surface area contributed by atoms with Crippen molar-refractivity contribution in [3.63, 3.8) is 0 Å². The highest BCUT2D eigenvalue weighted by Crippen LogP contribution is 2.33. The van der Waals surface area contributed by atoms with Crippen LogP contribution in [0.2, 0.25) is 0 Å². The van der Waals surface area contributed by atoms with Crippen molar-refractivity contribution in [1.29, 1.82) is 0 Å². The Morgan fingerprint density at radius 3 is 2.52 bits per heavy atom. The van der Waals surface area contributed by atoms with Crippen LogP contribution in [0.5, 0.6) is 0 Å². The van der Waals surface area contributed by atoms with Crippen LogP contribution in [0, 0.1) is 0 Å². The molecule has 0 saturated carbocycles. The van der Waals surface area contributed by atoms with Crippen molar-refractivity contribution in [3.8, 4) is 0 Å². The van der Waals surface area contributed by atoms with E-state index in [0.717, 1.165) is 60.0 Å². The molecule has 8 heteroatoms. The molecule has 3 aromatic rings. The average molecular weight is 408 g/mol. The fourth-order valence-corrected chi connectivity index (χ4v) is 3.95. The summed E-state index contributed by atoms with van der Waals surface area (Å²) in [7, 11) is 2.14. The number of anilines is 3. The first-order chi connectivity index (χ1) is 14.2. The fourth-order valence-electron chi connectivity index (χ4n) is 3.06. The zero-order chi connectivity index (χ0) is 20.1. The summed E-state index contributed by atoms with van der Waals surface area (Å²) in [6.07, 6.45) is 2.53. The second-order valence-electron chi connectivity index (χ2n) is 6.91. The molecule has 1 N–H and O–H groups in total. The normalized spacial score (nSPS) is 14.8. The van der Waals surface area contributed by atoms with Gasteiger partial charge in [-0.1, -0.05) is 36.9 Å². The van der Waals surface area contributed by atoms with Gasteiger partial charge in [0.25, 0.3) is 0 Å². The van der Waals surface area contributed by atoms with Gasteiger partial charge in [-0.3, -0.25) is 0 Å². The van der Waals surface area contributed by atoms with Gasteiger partial charge in [-0.05, 0) is 31.3 Å². The van der Waals surface area contributed by atoms with E-state index >= 15 is 0 Å². The van der Waals surface area contributed by atoms with Gasteiger partial charge >= 0.3 is 0 Å². The lowest BCUT2D eigenvalue weighted by Gasteiger charge is -2.32. The number of benzene rings is 1. The van der Waals surface area contributed by atoms with Crippen molar-refractivity contribution >= 4 is 29.5 Å². The van der Waals surface area contributed by atoms with E-state index in [-0.39, 0.29) is 0 Å². The monoisotopic (exact) mass is 407 g/mol. The number of rotatable bonds is 6. The summed E-state index contributed by atoms with van der Waals surface area (Å²) in [6.45, 7) is 5.91. The predicted octanol–water partition coefficient (Wildman–Crippen LogP) is 3.48. The Hall–Kier alpha value is -2.71. The maximum atomic E-state index is 4.70. The van der Waals surface area contributed by atoms with Crippen molar-refractivity contribution in [2.75, 3.05) is 43.4 Å². The summed E-state index contributed by atoms with van der Waals surface area (Å²) >= 11 is 1.66. The zero-order valence-corrected chi connectivity index (χ0v) is 17.6. The second-order valence-corrected chi connectivity index (χ2v) is 8.02. The third kappa shape index (κ3) is 5.02. The molecule has 0 spiro atoms. The maximum absolute atomic E-state index is 4.70. The van der Waals surface area contributed by atoms with Gasteiger partial charge in [0.2, 0.25) is 11.9 Å². The highest BCUT2D eigenvalue weighted by Gasteiger charge is 2.19. The Bertz CT molecular complexity index is 943. The molecule has 0 radical (unpaired) electrons. The van der Waals surface area contributed by atoms with Crippen molar-refractivity contribution < 1.29 is 0 Å². The SMILES string of the molecule is CCc1nc(Nc2ncccc2Sc2ccccc2)nc(N2CCN(C)CC2)n1. The van der Waals surface area contributed by atoms with E-state index in [1.807, 2.05) is 24.3 Å². The van der Waals surface area contributed by atoms with Crippen LogP contribution in [0.3, 0.4) is 0 Å². The van der Waals surface area contributed by atoms with Gasteiger partial charge in [0.1, 0.15) is 11.6 Å². The lowest BCUT2D eigenvalue weighted by molar-refractivity contribution is 0.311. The van der Waals surface area contributed by atoms with E-state index in [1.54, 1.807) is 18.0 Å². The molecular weight excluding hydrogens is 382 g/mol.